The molecule has 0 saturated carbocycles. The first-order chi connectivity index (χ1) is 7.83. The Bertz CT molecular complexity index is 557. The highest BCUT2D eigenvalue weighted by Crippen LogP contribution is 2.28. The van der Waals surface area contributed by atoms with E-state index in [0.29, 0.717) is 0 Å². The molecule has 1 aliphatic carbocycles. The molecule has 1 aromatic carbocycles. The molecule has 16 heavy (non-hydrogen) atoms. The van der Waals surface area contributed by atoms with Crippen LogP contribution in [0.2, 0.25) is 0 Å². The number of nitrogens with two attached hydrogens (primary N) is 1. The molecule has 80 valence electrons. The van der Waals surface area contributed by atoms with Crippen molar-refractivity contribution in [1.29, 1.82) is 0 Å². The quantitative estimate of drug-likeness (QED) is 0.786. The lowest BCUT2D eigenvalue weighted by atomic mass is 10.0. The van der Waals surface area contributed by atoms with Crippen molar-refractivity contribution in [2.75, 3.05) is 0 Å². The Morgan fingerprint density at radius 2 is 2.19 bits per heavy atom. The minimum absolute atomic E-state index is 0.236. The number of benzene rings is 1. The zero-order valence-electron chi connectivity index (χ0n) is 9.06. The molecule has 0 radical (unpaired) electrons. The summed E-state index contributed by atoms with van der Waals surface area (Å²) in [7, 11) is 0. The topological polar surface area (TPSA) is 38.9 Å². The van der Waals surface area contributed by atoms with Crippen LogP contribution < -0.4 is 5.73 Å². The fourth-order valence-corrected chi connectivity index (χ4v) is 2.26. The monoisotopic (exact) mass is 210 g/mol. The molecule has 0 saturated heterocycles. The summed E-state index contributed by atoms with van der Waals surface area (Å²) in [6.07, 6.45) is 6.16. The Kier molecular flexibility index (Phi) is 2.22. The lowest BCUT2D eigenvalue weighted by molar-refractivity contribution is 0.782. The SMILES string of the molecule is NC1C=C(c2ccc3ncccc3c2)CC1. The molecule has 0 amide bonds. The third-order valence-electron chi connectivity index (χ3n) is 3.14. The number of hydrogen-bond donors (Lipinski definition) is 1. The highest BCUT2D eigenvalue weighted by atomic mass is 14.6. The van der Waals surface area contributed by atoms with E-state index in [9.17, 15) is 0 Å². The number of pyridine rings is 1. The maximum Gasteiger partial charge on any atom is 0.0702 e. The summed E-state index contributed by atoms with van der Waals surface area (Å²) in [5.41, 5.74) is 9.60. The van der Waals surface area contributed by atoms with Crippen molar-refractivity contribution in [3.05, 3.63) is 48.2 Å². The Labute approximate surface area is 94.8 Å². The van der Waals surface area contributed by atoms with E-state index in [1.807, 2.05) is 12.3 Å². The van der Waals surface area contributed by atoms with Gasteiger partial charge in [0.25, 0.3) is 0 Å². The number of nitrogens with zero attached hydrogens (tertiary/aromatic N) is 1. The summed E-state index contributed by atoms with van der Waals surface area (Å²) in [6, 6.07) is 10.7. The highest BCUT2D eigenvalue weighted by Gasteiger charge is 2.13. The van der Waals surface area contributed by atoms with Gasteiger partial charge in [0.05, 0.1) is 5.52 Å². The van der Waals surface area contributed by atoms with Gasteiger partial charge >= 0.3 is 0 Å². The maximum absolute atomic E-state index is 5.89. The van der Waals surface area contributed by atoms with E-state index in [-0.39, 0.29) is 6.04 Å². The molecule has 0 bridgehead atoms. The van der Waals surface area contributed by atoms with E-state index < -0.39 is 0 Å². The van der Waals surface area contributed by atoms with Crippen LogP contribution in [0.1, 0.15) is 18.4 Å². The van der Waals surface area contributed by atoms with Crippen LogP contribution in [-0.4, -0.2) is 11.0 Å². The van der Waals surface area contributed by atoms with Gasteiger partial charge in [-0.15, -0.1) is 0 Å². The van der Waals surface area contributed by atoms with Crippen molar-refractivity contribution < 1.29 is 0 Å². The number of hydrogen-bond acceptors (Lipinski definition) is 2. The van der Waals surface area contributed by atoms with Gasteiger partial charge in [0, 0.05) is 17.6 Å². The Morgan fingerprint density at radius 1 is 1.25 bits per heavy atom. The van der Waals surface area contributed by atoms with Gasteiger partial charge < -0.3 is 5.73 Å². The molecule has 1 heterocycles. The predicted molar refractivity (Wildman–Crippen MR) is 66.9 cm³/mol. The third kappa shape index (κ3) is 1.61. The molecule has 1 unspecified atom stereocenters. The van der Waals surface area contributed by atoms with Gasteiger partial charge in [-0.05, 0) is 42.2 Å². The summed E-state index contributed by atoms with van der Waals surface area (Å²) in [6.45, 7) is 0. The zero-order valence-corrected chi connectivity index (χ0v) is 9.06. The molecule has 0 aliphatic heterocycles. The molecule has 1 aromatic heterocycles. The minimum Gasteiger partial charge on any atom is -0.324 e. The number of allylic oxidation sites excluding steroid dienone is 1. The van der Waals surface area contributed by atoms with Gasteiger partial charge in [0.15, 0.2) is 0 Å². The molecular formula is C14H14N2. The summed E-state index contributed by atoms with van der Waals surface area (Å²) in [4.78, 5) is 4.32. The molecule has 2 nitrogen and oxygen atoms in total. The molecule has 2 heteroatoms. The Hall–Kier alpha value is -1.67. The molecule has 3 rings (SSSR count). The second kappa shape index (κ2) is 3.72. The second-order valence-corrected chi connectivity index (χ2v) is 4.31. The van der Waals surface area contributed by atoms with Crippen molar-refractivity contribution in [2.24, 2.45) is 5.73 Å². The molecular weight excluding hydrogens is 196 g/mol. The molecule has 0 fully saturated rings. The molecule has 2 N–H and O–H groups in total. The van der Waals surface area contributed by atoms with Crippen molar-refractivity contribution in [1.82, 2.24) is 4.98 Å². The van der Waals surface area contributed by atoms with E-state index >= 15 is 0 Å². The van der Waals surface area contributed by atoms with Crippen molar-refractivity contribution >= 4 is 16.5 Å². The lowest BCUT2D eigenvalue weighted by Crippen LogP contribution is -2.11. The first-order valence-corrected chi connectivity index (χ1v) is 5.64. The Balaban J connectivity index is 2.09. The lowest BCUT2D eigenvalue weighted by Gasteiger charge is -2.03. The average molecular weight is 210 g/mol. The van der Waals surface area contributed by atoms with Gasteiger partial charge in [-0.3, -0.25) is 4.98 Å². The van der Waals surface area contributed by atoms with Gasteiger partial charge in [-0.2, -0.15) is 0 Å². The second-order valence-electron chi connectivity index (χ2n) is 4.31. The number of aromatic nitrogens is 1. The van der Waals surface area contributed by atoms with Crippen molar-refractivity contribution in [3.8, 4) is 0 Å². The molecule has 1 atom stereocenters. The summed E-state index contributed by atoms with van der Waals surface area (Å²) in [5, 5.41) is 1.20. The van der Waals surface area contributed by atoms with E-state index in [0.717, 1.165) is 18.4 Å². The van der Waals surface area contributed by atoms with E-state index in [1.54, 1.807) is 0 Å². The van der Waals surface area contributed by atoms with E-state index in [2.05, 4.69) is 35.3 Å². The zero-order chi connectivity index (χ0) is 11.0. The van der Waals surface area contributed by atoms with Gasteiger partial charge in [-0.1, -0.05) is 18.2 Å². The fourth-order valence-electron chi connectivity index (χ4n) is 2.26. The molecule has 2 aromatic rings. The van der Waals surface area contributed by atoms with Crippen LogP contribution in [0.3, 0.4) is 0 Å². The third-order valence-corrected chi connectivity index (χ3v) is 3.14. The molecule has 1 aliphatic rings. The van der Waals surface area contributed by atoms with Crippen LogP contribution in [0, 0.1) is 0 Å². The fraction of sp³-hybridized carbons (Fsp3) is 0.214. The van der Waals surface area contributed by atoms with Gasteiger partial charge in [0.1, 0.15) is 0 Å². The Morgan fingerprint density at radius 3 is 3.00 bits per heavy atom. The van der Waals surface area contributed by atoms with Crippen LogP contribution in [0.25, 0.3) is 16.5 Å². The molecule has 0 spiro atoms. The van der Waals surface area contributed by atoms with Crippen LogP contribution in [-0.2, 0) is 0 Å². The summed E-state index contributed by atoms with van der Waals surface area (Å²) in [5.74, 6) is 0. The number of fused-ring (bicyclic) bond motifs is 1. The van der Waals surface area contributed by atoms with Crippen molar-refractivity contribution in [2.45, 2.75) is 18.9 Å². The summed E-state index contributed by atoms with van der Waals surface area (Å²) < 4.78 is 0. The first-order valence-electron chi connectivity index (χ1n) is 5.64. The van der Waals surface area contributed by atoms with E-state index in [1.165, 1.54) is 16.5 Å². The number of rotatable bonds is 1. The smallest absolute Gasteiger partial charge is 0.0702 e. The largest absolute Gasteiger partial charge is 0.324 e. The van der Waals surface area contributed by atoms with E-state index in [4.69, 9.17) is 5.73 Å². The predicted octanol–water partition coefficient (Wildman–Crippen LogP) is 2.74. The van der Waals surface area contributed by atoms with Crippen LogP contribution in [0.5, 0.6) is 0 Å². The van der Waals surface area contributed by atoms with Gasteiger partial charge in [0.2, 0.25) is 0 Å². The van der Waals surface area contributed by atoms with Crippen LogP contribution >= 0.6 is 0 Å². The summed E-state index contributed by atoms with van der Waals surface area (Å²) >= 11 is 0. The van der Waals surface area contributed by atoms with Crippen molar-refractivity contribution in [3.63, 3.8) is 0 Å². The highest BCUT2D eigenvalue weighted by molar-refractivity contribution is 5.83. The normalized spacial score (nSPS) is 20.1. The van der Waals surface area contributed by atoms with Crippen LogP contribution in [0.15, 0.2) is 42.6 Å². The minimum atomic E-state index is 0.236. The first kappa shape index (κ1) is 9.55. The van der Waals surface area contributed by atoms with Gasteiger partial charge in [-0.25, -0.2) is 0 Å². The van der Waals surface area contributed by atoms with Crippen LogP contribution in [0.4, 0.5) is 0 Å². The standard InChI is InChI=1S/C14H14N2/c15-13-5-3-11(9-13)10-4-6-14-12(8-10)2-1-7-16-14/h1-2,4,6-9,13H,3,5,15H2. The maximum atomic E-state index is 5.89. The average Bonchev–Trinajstić information content (AvgIpc) is 2.75.